The van der Waals surface area contributed by atoms with E-state index in [2.05, 4.69) is 10.6 Å². The lowest BCUT2D eigenvalue weighted by molar-refractivity contribution is -0.123. The Bertz CT molecular complexity index is 699. The molecule has 0 bridgehead atoms. The first-order valence-corrected chi connectivity index (χ1v) is 7.13. The summed E-state index contributed by atoms with van der Waals surface area (Å²) in [5, 5.41) is 14.6. The molecule has 0 spiro atoms. The molecule has 0 fully saturated rings. The van der Waals surface area contributed by atoms with Gasteiger partial charge in [0, 0.05) is 6.54 Å². The predicted molar refractivity (Wildman–Crippen MR) is 80.0 cm³/mol. The fourth-order valence-electron chi connectivity index (χ4n) is 2.02. The first-order chi connectivity index (χ1) is 11.4. The molecule has 2 unspecified atom stereocenters. The number of carbonyl (C=O) groups is 2. The molecule has 0 aliphatic heterocycles. The van der Waals surface area contributed by atoms with E-state index in [1.165, 1.54) is 31.6 Å². The van der Waals surface area contributed by atoms with Crippen molar-refractivity contribution in [2.24, 2.45) is 0 Å². The number of halogens is 2. The number of furan rings is 1. The zero-order valence-corrected chi connectivity index (χ0v) is 12.8. The van der Waals surface area contributed by atoms with Gasteiger partial charge < -0.3 is 20.2 Å². The van der Waals surface area contributed by atoms with Crippen LogP contribution in [0.5, 0.6) is 0 Å². The molecule has 0 saturated heterocycles. The molecular weight excluding hydrogens is 322 g/mol. The van der Waals surface area contributed by atoms with Gasteiger partial charge in [0.15, 0.2) is 0 Å². The summed E-state index contributed by atoms with van der Waals surface area (Å²) in [5.74, 6) is -2.93. The number of rotatable bonds is 6. The van der Waals surface area contributed by atoms with Crippen molar-refractivity contribution in [1.82, 2.24) is 10.6 Å². The van der Waals surface area contributed by atoms with Crippen molar-refractivity contribution in [2.75, 3.05) is 6.54 Å². The Morgan fingerprint density at radius 2 is 1.92 bits per heavy atom. The van der Waals surface area contributed by atoms with Gasteiger partial charge >= 0.3 is 0 Å². The van der Waals surface area contributed by atoms with Gasteiger partial charge in [0.2, 0.25) is 5.91 Å². The zero-order chi connectivity index (χ0) is 17.7. The minimum Gasteiger partial charge on any atom is -0.472 e. The van der Waals surface area contributed by atoms with E-state index in [4.69, 9.17) is 4.42 Å². The molecule has 2 rings (SSSR count). The van der Waals surface area contributed by atoms with Crippen LogP contribution in [-0.2, 0) is 4.79 Å². The lowest BCUT2D eigenvalue weighted by Crippen LogP contribution is -2.45. The third-order valence-electron chi connectivity index (χ3n) is 3.33. The maximum Gasteiger partial charge on any atom is 0.255 e. The zero-order valence-electron chi connectivity index (χ0n) is 12.8. The quantitative estimate of drug-likeness (QED) is 0.745. The Balaban J connectivity index is 1.89. The standard InChI is InChI=1S/C16H16F2N2O4/c1-9(20-16(23)10-5-6-24-8-10)15(22)19-7-13(21)14-11(17)3-2-4-12(14)18/h2-6,8-9,13,21H,7H2,1H3,(H,19,22)(H,20,23). The summed E-state index contributed by atoms with van der Waals surface area (Å²) in [6.45, 7) is 1.03. The van der Waals surface area contributed by atoms with Crippen molar-refractivity contribution in [2.45, 2.75) is 19.1 Å². The molecule has 2 amide bonds. The SMILES string of the molecule is CC(NC(=O)c1ccoc1)C(=O)NCC(O)c1c(F)cccc1F. The number of benzene rings is 1. The number of carbonyl (C=O) groups excluding carboxylic acids is 2. The van der Waals surface area contributed by atoms with Crippen LogP contribution in [-0.4, -0.2) is 29.5 Å². The van der Waals surface area contributed by atoms with Crippen molar-refractivity contribution in [1.29, 1.82) is 0 Å². The number of hydrogen-bond donors (Lipinski definition) is 3. The molecule has 2 atom stereocenters. The summed E-state index contributed by atoms with van der Waals surface area (Å²) < 4.78 is 31.8. The second-order valence-corrected chi connectivity index (χ2v) is 5.10. The molecule has 8 heteroatoms. The molecule has 1 aromatic carbocycles. The molecule has 0 radical (unpaired) electrons. The molecule has 2 aromatic rings. The summed E-state index contributed by atoms with van der Waals surface area (Å²) in [6.07, 6.45) is 0.996. The smallest absolute Gasteiger partial charge is 0.255 e. The Morgan fingerprint density at radius 3 is 2.50 bits per heavy atom. The van der Waals surface area contributed by atoms with E-state index < -0.39 is 47.7 Å². The molecule has 0 saturated carbocycles. The molecule has 0 aliphatic carbocycles. The molecule has 6 nitrogen and oxygen atoms in total. The summed E-state index contributed by atoms with van der Waals surface area (Å²) in [4.78, 5) is 23.7. The van der Waals surface area contributed by atoms with Crippen molar-refractivity contribution < 1.29 is 27.9 Å². The van der Waals surface area contributed by atoms with Gasteiger partial charge in [0.05, 0.1) is 17.4 Å². The molecule has 24 heavy (non-hydrogen) atoms. The van der Waals surface area contributed by atoms with Gasteiger partial charge in [-0.2, -0.15) is 0 Å². The highest BCUT2D eigenvalue weighted by Crippen LogP contribution is 2.19. The van der Waals surface area contributed by atoms with Crippen LogP contribution in [0.15, 0.2) is 41.2 Å². The van der Waals surface area contributed by atoms with Gasteiger partial charge in [-0.3, -0.25) is 9.59 Å². The van der Waals surface area contributed by atoms with Crippen molar-refractivity contribution in [3.8, 4) is 0 Å². The lowest BCUT2D eigenvalue weighted by Gasteiger charge is -2.17. The molecule has 1 aromatic heterocycles. The second-order valence-electron chi connectivity index (χ2n) is 5.10. The summed E-state index contributed by atoms with van der Waals surface area (Å²) >= 11 is 0. The van der Waals surface area contributed by atoms with Gasteiger partial charge in [0.25, 0.3) is 5.91 Å². The largest absolute Gasteiger partial charge is 0.472 e. The van der Waals surface area contributed by atoms with E-state index in [1.54, 1.807) is 0 Å². The maximum absolute atomic E-state index is 13.5. The van der Waals surface area contributed by atoms with Crippen molar-refractivity contribution in [3.63, 3.8) is 0 Å². The summed E-state index contributed by atoms with van der Waals surface area (Å²) in [6, 6.07) is 3.72. The Labute approximate surface area is 136 Å². The monoisotopic (exact) mass is 338 g/mol. The van der Waals surface area contributed by atoms with Crippen LogP contribution in [0.4, 0.5) is 8.78 Å². The first-order valence-electron chi connectivity index (χ1n) is 7.13. The lowest BCUT2D eigenvalue weighted by atomic mass is 10.1. The molecule has 0 aliphatic rings. The number of aliphatic hydroxyl groups excluding tert-OH is 1. The second kappa shape index (κ2) is 7.69. The molecule has 1 heterocycles. The van der Waals surface area contributed by atoms with Gasteiger partial charge in [-0.05, 0) is 25.1 Å². The highest BCUT2D eigenvalue weighted by molar-refractivity contribution is 5.97. The van der Waals surface area contributed by atoms with Gasteiger partial charge in [0.1, 0.15) is 30.0 Å². The average Bonchev–Trinajstić information content (AvgIpc) is 3.06. The van der Waals surface area contributed by atoms with Crippen LogP contribution in [0.3, 0.4) is 0 Å². The van der Waals surface area contributed by atoms with Crippen LogP contribution in [0.2, 0.25) is 0 Å². The maximum atomic E-state index is 13.5. The van der Waals surface area contributed by atoms with Crippen LogP contribution in [0.25, 0.3) is 0 Å². The summed E-state index contributed by atoms with van der Waals surface area (Å²) in [5.41, 5.74) is -0.268. The van der Waals surface area contributed by atoms with Crippen molar-refractivity contribution >= 4 is 11.8 Å². The van der Waals surface area contributed by atoms with Crippen LogP contribution in [0.1, 0.15) is 28.9 Å². The minimum absolute atomic E-state index is 0.253. The number of nitrogens with one attached hydrogen (secondary N) is 2. The normalized spacial score (nSPS) is 13.2. The summed E-state index contributed by atoms with van der Waals surface area (Å²) in [7, 11) is 0. The minimum atomic E-state index is -1.55. The fourth-order valence-corrected chi connectivity index (χ4v) is 2.02. The van der Waals surface area contributed by atoms with Gasteiger partial charge in [-0.15, -0.1) is 0 Å². The number of hydrogen-bond acceptors (Lipinski definition) is 4. The fraction of sp³-hybridized carbons (Fsp3) is 0.250. The van der Waals surface area contributed by atoms with Crippen molar-refractivity contribution in [3.05, 3.63) is 59.6 Å². The highest BCUT2D eigenvalue weighted by Gasteiger charge is 2.21. The molecule has 128 valence electrons. The molecular formula is C16H16F2N2O4. The van der Waals surface area contributed by atoms with Crippen LogP contribution >= 0.6 is 0 Å². The Hall–Kier alpha value is -2.74. The number of amides is 2. The average molecular weight is 338 g/mol. The van der Waals surface area contributed by atoms with E-state index in [9.17, 15) is 23.5 Å². The first kappa shape index (κ1) is 17.6. The van der Waals surface area contributed by atoms with E-state index >= 15 is 0 Å². The van der Waals surface area contributed by atoms with Gasteiger partial charge in [-0.25, -0.2) is 8.78 Å². The Morgan fingerprint density at radius 1 is 1.25 bits per heavy atom. The number of aliphatic hydroxyl groups is 1. The molecule has 3 N–H and O–H groups in total. The van der Waals surface area contributed by atoms with E-state index in [1.807, 2.05) is 0 Å². The van der Waals surface area contributed by atoms with Gasteiger partial charge in [-0.1, -0.05) is 6.07 Å². The van der Waals surface area contributed by atoms with Crippen LogP contribution < -0.4 is 10.6 Å². The Kier molecular flexibility index (Phi) is 5.64. The third kappa shape index (κ3) is 4.17. The third-order valence-corrected chi connectivity index (χ3v) is 3.33. The predicted octanol–water partition coefficient (Wildman–Crippen LogP) is 1.53. The van der Waals surface area contributed by atoms with Crippen LogP contribution in [0, 0.1) is 11.6 Å². The van der Waals surface area contributed by atoms with E-state index in [-0.39, 0.29) is 5.56 Å². The highest BCUT2D eigenvalue weighted by atomic mass is 19.1. The topological polar surface area (TPSA) is 91.6 Å². The van der Waals surface area contributed by atoms with E-state index in [0.29, 0.717) is 0 Å². The van der Waals surface area contributed by atoms with E-state index in [0.717, 1.165) is 12.1 Å².